The summed E-state index contributed by atoms with van der Waals surface area (Å²) in [7, 11) is 0. The van der Waals surface area contributed by atoms with Crippen LogP contribution in [0.3, 0.4) is 0 Å². The van der Waals surface area contributed by atoms with Crippen molar-refractivity contribution < 1.29 is 14.3 Å². The van der Waals surface area contributed by atoms with Gasteiger partial charge in [-0.1, -0.05) is 18.2 Å². The van der Waals surface area contributed by atoms with E-state index in [0.29, 0.717) is 12.3 Å². The molecule has 0 aliphatic carbocycles. The number of para-hydroxylation sites is 1. The molecule has 3 aromatic rings. The van der Waals surface area contributed by atoms with Gasteiger partial charge < -0.3 is 25.1 Å². The van der Waals surface area contributed by atoms with Crippen molar-refractivity contribution in [3.05, 3.63) is 59.7 Å². The first-order valence-electron chi connectivity index (χ1n) is 8.31. The van der Waals surface area contributed by atoms with Crippen molar-refractivity contribution in [2.45, 2.75) is 25.9 Å². The van der Waals surface area contributed by atoms with Gasteiger partial charge in [0.15, 0.2) is 0 Å². The molecule has 0 saturated heterocycles. The molecule has 1 unspecified atom stereocenters. The van der Waals surface area contributed by atoms with Crippen molar-refractivity contribution in [2.75, 3.05) is 13.1 Å². The lowest BCUT2D eigenvalue weighted by atomic mass is 10.0. The Bertz CT molecular complexity index is 850. The maximum Gasteiger partial charge on any atom is 0.314 e. The molecule has 0 spiro atoms. The van der Waals surface area contributed by atoms with Gasteiger partial charge in [0.05, 0.1) is 12.8 Å². The van der Waals surface area contributed by atoms with E-state index in [-0.39, 0.29) is 12.6 Å². The number of nitrogens with one attached hydrogen (secondary N) is 3. The minimum Gasteiger partial charge on any atom is -0.466 e. The number of H-pyrrole nitrogens is 1. The Labute approximate surface area is 146 Å². The van der Waals surface area contributed by atoms with Crippen LogP contribution in [0.1, 0.15) is 23.9 Å². The normalized spacial score (nSPS) is 13.6. The molecule has 2 heterocycles. The molecule has 25 heavy (non-hydrogen) atoms. The Balaban J connectivity index is 1.50. The Morgan fingerprint density at radius 1 is 1.24 bits per heavy atom. The highest BCUT2D eigenvalue weighted by Crippen LogP contribution is 2.22. The molecule has 1 atom stereocenters. The second-order valence-electron chi connectivity index (χ2n) is 6.38. The van der Waals surface area contributed by atoms with E-state index in [1.54, 1.807) is 19.1 Å². The number of hydrogen-bond donors (Lipinski definition) is 4. The zero-order valence-electron chi connectivity index (χ0n) is 14.4. The summed E-state index contributed by atoms with van der Waals surface area (Å²) in [5.74, 6) is 0.419. The Kier molecular flexibility index (Phi) is 4.81. The summed E-state index contributed by atoms with van der Waals surface area (Å²) in [4.78, 5) is 15.3. The van der Waals surface area contributed by atoms with E-state index in [9.17, 15) is 9.90 Å². The van der Waals surface area contributed by atoms with E-state index in [1.165, 1.54) is 17.2 Å². The molecule has 3 rings (SSSR count). The molecule has 0 bridgehead atoms. The van der Waals surface area contributed by atoms with Gasteiger partial charge in [-0.25, -0.2) is 4.79 Å². The number of benzene rings is 1. The number of aromatic nitrogens is 1. The molecule has 132 valence electrons. The lowest BCUT2D eigenvalue weighted by Crippen LogP contribution is -2.43. The summed E-state index contributed by atoms with van der Waals surface area (Å²) in [5, 5.41) is 17.0. The third-order valence-electron chi connectivity index (χ3n) is 4.33. The van der Waals surface area contributed by atoms with Gasteiger partial charge in [0, 0.05) is 23.1 Å². The van der Waals surface area contributed by atoms with Crippen LogP contribution in [0, 0.1) is 6.92 Å². The molecule has 2 amide bonds. The van der Waals surface area contributed by atoms with Gasteiger partial charge in [-0.3, -0.25) is 0 Å². The average Bonchev–Trinajstić information content (AvgIpc) is 3.22. The minimum absolute atomic E-state index is 0.0679. The molecule has 0 fully saturated rings. The van der Waals surface area contributed by atoms with Crippen molar-refractivity contribution in [2.24, 2.45) is 0 Å². The topological polar surface area (TPSA) is 90.3 Å². The largest absolute Gasteiger partial charge is 0.466 e. The highest BCUT2D eigenvalue weighted by Gasteiger charge is 2.26. The number of carbonyl (C=O) groups excluding carboxylic acids is 1. The summed E-state index contributed by atoms with van der Waals surface area (Å²) >= 11 is 0. The number of aryl methyl sites for hydroxylation is 1. The molecule has 0 aliphatic rings. The molecule has 1 aromatic carbocycles. The van der Waals surface area contributed by atoms with Crippen LogP contribution in [0.15, 0.2) is 47.1 Å². The number of aliphatic hydroxyl groups is 1. The number of rotatable bonds is 6. The van der Waals surface area contributed by atoms with Crippen LogP contribution in [-0.2, 0) is 12.0 Å². The SMILES string of the molecule is Cc1[nH]c2ccccc2c1CCNC(=O)NCC(C)(O)c1ccco1. The lowest BCUT2D eigenvalue weighted by molar-refractivity contribution is 0.0367. The predicted octanol–water partition coefficient (Wildman–Crippen LogP) is 2.82. The number of amides is 2. The van der Waals surface area contributed by atoms with Crippen LogP contribution in [0.5, 0.6) is 0 Å². The van der Waals surface area contributed by atoms with Crippen LogP contribution in [0.4, 0.5) is 4.79 Å². The summed E-state index contributed by atoms with van der Waals surface area (Å²) in [6.07, 6.45) is 2.23. The first kappa shape index (κ1) is 17.1. The molecule has 2 aromatic heterocycles. The van der Waals surface area contributed by atoms with Crippen LogP contribution >= 0.6 is 0 Å². The molecular weight excluding hydrogens is 318 g/mol. The quantitative estimate of drug-likeness (QED) is 0.556. The van der Waals surface area contributed by atoms with Gasteiger partial charge >= 0.3 is 6.03 Å². The fourth-order valence-corrected chi connectivity index (χ4v) is 2.94. The minimum atomic E-state index is -1.24. The standard InChI is InChI=1S/C19H23N3O3/c1-13-14(15-6-3-4-7-16(15)22-13)9-10-20-18(23)21-12-19(2,24)17-8-5-11-25-17/h3-8,11,22,24H,9-10,12H2,1-2H3,(H2,20,21,23). The van der Waals surface area contributed by atoms with E-state index in [4.69, 9.17) is 4.42 Å². The Hall–Kier alpha value is -2.73. The van der Waals surface area contributed by atoms with Gasteiger partial charge in [0.2, 0.25) is 0 Å². The van der Waals surface area contributed by atoms with Crippen molar-refractivity contribution in [3.63, 3.8) is 0 Å². The zero-order chi connectivity index (χ0) is 17.9. The third kappa shape index (κ3) is 3.85. The summed E-state index contributed by atoms with van der Waals surface area (Å²) < 4.78 is 5.19. The molecule has 0 radical (unpaired) electrons. The second kappa shape index (κ2) is 7.03. The van der Waals surface area contributed by atoms with Crippen LogP contribution in [0.2, 0.25) is 0 Å². The Morgan fingerprint density at radius 2 is 2.04 bits per heavy atom. The van der Waals surface area contributed by atoms with E-state index >= 15 is 0 Å². The number of urea groups is 1. The molecule has 0 aliphatic heterocycles. The number of hydrogen-bond acceptors (Lipinski definition) is 3. The van der Waals surface area contributed by atoms with E-state index < -0.39 is 5.60 Å². The summed E-state index contributed by atoms with van der Waals surface area (Å²) in [6, 6.07) is 11.2. The third-order valence-corrected chi connectivity index (χ3v) is 4.33. The zero-order valence-corrected chi connectivity index (χ0v) is 14.4. The Morgan fingerprint density at radius 3 is 2.80 bits per heavy atom. The van der Waals surface area contributed by atoms with Gasteiger partial charge in [-0.05, 0) is 44.0 Å². The molecular formula is C19H23N3O3. The predicted molar refractivity (Wildman–Crippen MR) is 96.4 cm³/mol. The maximum atomic E-state index is 12.0. The highest BCUT2D eigenvalue weighted by molar-refractivity contribution is 5.84. The fourth-order valence-electron chi connectivity index (χ4n) is 2.94. The first-order chi connectivity index (χ1) is 12.0. The van der Waals surface area contributed by atoms with Crippen LogP contribution in [0.25, 0.3) is 10.9 Å². The number of aromatic amines is 1. The van der Waals surface area contributed by atoms with Crippen LogP contribution < -0.4 is 10.6 Å². The van der Waals surface area contributed by atoms with Crippen molar-refractivity contribution in [1.82, 2.24) is 15.6 Å². The van der Waals surface area contributed by atoms with E-state index in [2.05, 4.69) is 21.7 Å². The van der Waals surface area contributed by atoms with Crippen molar-refractivity contribution >= 4 is 16.9 Å². The molecule has 0 saturated carbocycles. The van der Waals surface area contributed by atoms with E-state index in [0.717, 1.165) is 17.6 Å². The number of furan rings is 1. The van der Waals surface area contributed by atoms with Crippen LogP contribution in [-0.4, -0.2) is 29.2 Å². The first-order valence-corrected chi connectivity index (χ1v) is 8.31. The van der Waals surface area contributed by atoms with Crippen molar-refractivity contribution in [1.29, 1.82) is 0 Å². The van der Waals surface area contributed by atoms with Gasteiger partial charge in [0.1, 0.15) is 11.4 Å². The van der Waals surface area contributed by atoms with Gasteiger partial charge in [-0.15, -0.1) is 0 Å². The molecule has 6 nitrogen and oxygen atoms in total. The average molecular weight is 341 g/mol. The maximum absolute atomic E-state index is 12.0. The van der Waals surface area contributed by atoms with Crippen molar-refractivity contribution in [3.8, 4) is 0 Å². The molecule has 6 heteroatoms. The number of fused-ring (bicyclic) bond motifs is 1. The monoisotopic (exact) mass is 341 g/mol. The second-order valence-corrected chi connectivity index (χ2v) is 6.38. The highest BCUT2D eigenvalue weighted by atomic mass is 16.4. The lowest BCUT2D eigenvalue weighted by Gasteiger charge is -2.21. The summed E-state index contributed by atoms with van der Waals surface area (Å²) in [5.41, 5.74) is 2.19. The van der Waals surface area contributed by atoms with Gasteiger partial charge in [0.25, 0.3) is 0 Å². The number of carbonyl (C=O) groups is 1. The van der Waals surface area contributed by atoms with Gasteiger partial charge in [-0.2, -0.15) is 0 Å². The van der Waals surface area contributed by atoms with E-state index in [1.807, 2.05) is 25.1 Å². The summed E-state index contributed by atoms with van der Waals surface area (Å²) in [6.45, 7) is 4.22. The fraction of sp³-hybridized carbons (Fsp3) is 0.316. The molecule has 4 N–H and O–H groups in total. The smallest absolute Gasteiger partial charge is 0.314 e.